The first-order valence-corrected chi connectivity index (χ1v) is 6.74. The Balaban J connectivity index is 2.12. The minimum atomic E-state index is 0.0450. The summed E-state index contributed by atoms with van der Waals surface area (Å²) in [5, 5.41) is 3.12. The molecule has 2 heterocycles. The highest BCUT2D eigenvalue weighted by atomic mass is 16.5. The van der Waals surface area contributed by atoms with Crippen LogP contribution in [0.4, 0.5) is 5.82 Å². The van der Waals surface area contributed by atoms with Gasteiger partial charge in [0.25, 0.3) is 5.91 Å². The molecule has 1 aliphatic heterocycles. The molecule has 1 aromatic rings. The van der Waals surface area contributed by atoms with E-state index in [-0.39, 0.29) is 18.1 Å². The van der Waals surface area contributed by atoms with E-state index >= 15 is 0 Å². The number of amides is 1. The van der Waals surface area contributed by atoms with Gasteiger partial charge in [0.05, 0.1) is 12.2 Å². The van der Waals surface area contributed by atoms with E-state index in [4.69, 9.17) is 4.74 Å². The molecule has 0 saturated carbocycles. The molecular formula is C14H21N3O2. The molecule has 1 fully saturated rings. The van der Waals surface area contributed by atoms with E-state index in [0.717, 1.165) is 12.4 Å². The molecule has 1 aliphatic rings. The molecule has 1 aromatic heterocycles. The molecule has 0 radical (unpaired) electrons. The highest BCUT2D eigenvalue weighted by Crippen LogP contribution is 2.15. The number of anilines is 1. The molecule has 5 nitrogen and oxygen atoms in total. The summed E-state index contributed by atoms with van der Waals surface area (Å²) in [7, 11) is 0. The minimum absolute atomic E-state index is 0.0450. The third-order valence-corrected chi connectivity index (χ3v) is 3.07. The van der Waals surface area contributed by atoms with E-state index in [2.05, 4.69) is 10.3 Å². The summed E-state index contributed by atoms with van der Waals surface area (Å²) in [6.07, 6.45) is 1.84. The maximum atomic E-state index is 12.5. The molecule has 1 saturated heterocycles. The summed E-state index contributed by atoms with van der Waals surface area (Å²) in [6.45, 7) is 8.06. The number of morpholine rings is 1. The van der Waals surface area contributed by atoms with Gasteiger partial charge in [0.1, 0.15) is 5.82 Å². The van der Waals surface area contributed by atoms with Crippen molar-refractivity contribution < 1.29 is 9.53 Å². The lowest BCUT2D eigenvalue weighted by molar-refractivity contribution is -0.0586. The molecule has 2 atom stereocenters. The van der Waals surface area contributed by atoms with Gasteiger partial charge in [-0.25, -0.2) is 4.98 Å². The van der Waals surface area contributed by atoms with Gasteiger partial charge in [0.2, 0.25) is 0 Å². The molecule has 104 valence electrons. The number of carbonyl (C=O) groups is 1. The summed E-state index contributed by atoms with van der Waals surface area (Å²) >= 11 is 0. The van der Waals surface area contributed by atoms with Crippen molar-refractivity contribution in [2.45, 2.75) is 33.0 Å². The van der Waals surface area contributed by atoms with Crippen LogP contribution in [0.15, 0.2) is 18.3 Å². The second-order valence-corrected chi connectivity index (χ2v) is 4.93. The van der Waals surface area contributed by atoms with E-state index in [0.29, 0.717) is 18.7 Å². The Labute approximate surface area is 114 Å². The summed E-state index contributed by atoms with van der Waals surface area (Å²) in [5.41, 5.74) is 0.673. The largest absolute Gasteiger partial charge is 0.372 e. The van der Waals surface area contributed by atoms with Crippen LogP contribution in [0.2, 0.25) is 0 Å². The summed E-state index contributed by atoms with van der Waals surface area (Å²) < 4.78 is 5.65. The van der Waals surface area contributed by atoms with Gasteiger partial charge in [-0.05, 0) is 32.9 Å². The summed E-state index contributed by atoms with van der Waals surface area (Å²) in [5.74, 6) is 0.784. The molecule has 0 bridgehead atoms. The number of aromatic nitrogens is 1. The van der Waals surface area contributed by atoms with Crippen molar-refractivity contribution in [3.8, 4) is 0 Å². The number of nitrogens with zero attached hydrogens (tertiary/aromatic N) is 2. The van der Waals surface area contributed by atoms with Crippen LogP contribution in [-0.4, -0.2) is 47.6 Å². The topological polar surface area (TPSA) is 54.5 Å². The van der Waals surface area contributed by atoms with Crippen molar-refractivity contribution in [3.63, 3.8) is 0 Å². The van der Waals surface area contributed by atoms with Gasteiger partial charge in [-0.15, -0.1) is 0 Å². The SMILES string of the molecule is CCNc1cc(C(=O)N2C[C@@H](C)O[C@@H](C)C2)ccn1. The Morgan fingerprint density at radius 2 is 2.16 bits per heavy atom. The molecule has 0 unspecified atom stereocenters. The van der Waals surface area contributed by atoms with Crippen molar-refractivity contribution in [1.82, 2.24) is 9.88 Å². The number of rotatable bonds is 3. The van der Waals surface area contributed by atoms with Crippen LogP contribution in [0.3, 0.4) is 0 Å². The second kappa shape index (κ2) is 6.02. The molecule has 0 aromatic carbocycles. The second-order valence-electron chi connectivity index (χ2n) is 4.93. The first-order valence-electron chi connectivity index (χ1n) is 6.74. The average molecular weight is 263 g/mol. The summed E-state index contributed by atoms with van der Waals surface area (Å²) in [6, 6.07) is 3.56. The lowest BCUT2D eigenvalue weighted by Gasteiger charge is -2.35. The zero-order valence-corrected chi connectivity index (χ0v) is 11.7. The Bertz CT molecular complexity index is 440. The van der Waals surface area contributed by atoms with Crippen LogP contribution in [0.5, 0.6) is 0 Å². The lowest BCUT2D eigenvalue weighted by Crippen LogP contribution is -2.48. The molecule has 1 N–H and O–H groups in total. The standard InChI is InChI=1S/C14H21N3O2/c1-4-15-13-7-12(5-6-16-13)14(18)17-8-10(2)19-11(3)9-17/h5-7,10-11H,4,8-9H2,1-3H3,(H,15,16)/t10-,11+. The van der Waals surface area contributed by atoms with Crippen molar-refractivity contribution in [2.24, 2.45) is 0 Å². The number of hydrogen-bond acceptors (Lipinski definition) is 4. The van der Waals surface area contributed by atoms with Crippen molar-refractivity contribution >= 4 is 11.7 Å². The first-order chi connectivity index (χ1) is 9.10. The molecule has 2 rings (SSSR count). The van der Waals surface area contributed by atoms with Gasteiger partial charge in [-0.2, -0.15) is 0 Å². The van der Waals surface area contributed by atoms with Crippen LogP contribution < -0.4 is 5.32 Å². The Morgan fingerprint density at radius 1 is 1.47 bits per heavy atom. The smallest absolute Gasteiger partial charge is 0.254 e. The fourth-order valence-corrected chi connectivity index (χ4v) is 2.37. The Kier molecular flexibility index (Phi) is 4.37. The van der Waals surface area contributed by atoms with Crippen LogP contribution >= 0.6 is 0 Å². The predicted octanol–water partition coefficient (Wildman–Crippen LogP) is 1.76. The van der Waals surface area contributed by atoms with Gasteiger partial charge in [-0.1, -0.05) is 0 Å². The third-order valence-electron chi connectivity index (χ3n) is 3.07. The first kappa shape index (κ1) is 13.8. The number of ether oxygens (including phenoxy) is 1. The fourth-order valence-electron chi connectivity index (χ4n) is 2.37. The highest BCUT2D eigenvalue weighted by molar-refractivity contribution is 5.94. The number of nitrogens with one attached hydrogen (secondary N) is 1. The molecule has 0 spiro atoms. The van der Waals surface area contributed by atoms with Gasteiger partial charge in [-0.3, -0.25) is 4.79 Å². The van der Waals surface area contributed by atoms with Crippen molar-refractivity contribution in [2.75, 3.05) is 25.0 Å². The lowest BCUT2D eigenvalue weighted by atomic mass is 10.1. The third kappa shape index (κ3) is 3.44. The van der Waals surface area contributed by atoms with Crippen LogP contribution in [0.25, 0.3) is 0 Å². The Hall–Kier alpha value is -1.62. The zero-order valence-electron chi connectivity index (χ0n) is 11.7. The minimum Gasteiger partial charge on any atom is -0.372 e. The van der Waals surface area contributed by atoms with Crippen LogP contribution in [0, 0.1) is 0 Å². The maximum Gasteiger partial charge on any atom is 0.254 e. The predicted molar refractivity (Wildman–Crippen MR) is 74.3 cm³/mol. The van der Waals surface area contributed by atoms with E-state index in [9.17, 15) is 4.79 Å². The molecule has 0 aliphatic carbocycles. The molecule has 5 heteroatoms. The maximum absolute atomic E-state index is 12.5. The van der Waals surface area contributed by atoms with E-state index in [1.165, 1.54) is 0 Å². The highest BCUT2D eigenvalue weighted by Gasteiger charge is 2.26. The van der Waals surface area contributed by atoms with Crippen molar-refractivity contribution in [3.05, 3.63) is 23.9 Å². The number of hydrogen-bond donors (Lipinski definition) is 1. The monoisotopic (exact) mass is 263 g/mol. The fraction of sp³-hybridized carbons (Fsp3) is 0.571. The van der Waals surface area contributed by atoms with Gasteiger partial charge >= 0.3 is 0 Å². The summed E-state index contributed by atoms with van der Waals surface area (Å²) in [4.78, 5) is 18.5. The van der Waals surface area contributed by atoms with E-state index < -0.39 is 0 Å². The van der Waals surface area contributed by atoms with E-state index in [1.54, 1.807) is 18.3 Å². The van der Waals surface area contributed by atoms with E-state index in [1.807, 2.05) is 25.7 Å². The van der Waals surface area contributed by atoms with Gasteiger partial charge in [0, 0.05) is 31.4 Å². The molecular weight excluding hydrogens is 242 g/mol. The number of carbonyl (C=O) groups excluding carboxylic acids is 1. The Morgan fingerprint density at radius 3 is 2.79 bits per heavy atom. The zero-order chi connectivity index (χ0) is 13.8. The number of pyridine rings is 1. The molecule has 1 amide bonds. The van der Waals surface area contributed by atoms with Gasteiger partial charge in [0.15, 0.2) is 0 Å². The van der Waals surface area contributed by atoms with Gasteiger partial charge < -0.3 is 15.0 Å². The van der Waals surface area contributed by atoms with Crippen molar-refractivity contribution in [1.29, 1.82) is 0 Å². The van der Waals surface area contributed by atoms with Crippen LogP contribution in [0.1, 0.15) is 31.1 Å². The quantitative estimate of drug-likeness (QED) is 0.903. The van der Waals surface area contributed by atoms with Crippen LogP contribution in [-0.2, 0) is 4.74 Å². The average Bonchev–Trinajstić information content (AvgIpc) is 2.37. The normalized spacial score (nSPS) is 23.2. The molecule has 19 heavy (non-hydrogen) atoms.